The highest BCUT2D eigenvalue weighted by Crippen LogP contribution is 2.22. The molecule has 3 heteroatoms. The summed E-state index contributed by atoms with van der Waals surface area (Å²) in [6.45, 7) is 18.9. The van der Waals surface area contributed by atoms with E-state index >= 15 is 0 Å². The highest BCUT2D eigenvalue weighted by molar-refractivity contribution is 4.74. The Kier molecular flexibility index (Phi) is 10.6. The molecule has 1 saturated heterocycles. The summed E-state index contributed by atoms with van der Waals surface area (Å²) < 4.78 is 12.1. The van der Waals surface area contributed by atoms with Crippen molar-refractivity contribution in [3.8, 4) is 0 Å². The van der Waals surface area contributed by atoms with Gasteiger partial charge in [-0.25, -0.2) is 0 Å². The van der Waals surface area contributed by atoms with Crippen molar-refractivity contribution in [2.45, 2.75) is 85.4 Å². The first-order valence-electron chi connectivity index (χ1n) is 9.20. The number of nitrogens with zero attached hydrogens (tertiary/aromatic N) is 1. The molecule has 0 amide bonds. The summed E-state index contributed by atoms with van der Waals surface area (Å²) in [5.74, 6) is 0.695. The summed E-state index contributed by atoms with van der Waals surface area (Å²) in [5, 5.41) is 0. The summed E-state index contributed by atoms with van der Waals surface area (Å²) >= 11 is 0. The van der Waals surface area contributed by atoms with Gasteiger partial charge in [-0.1, -0.05) is 20.8 Å². The van der Waals surface area contributed by atoms with E-state index in [4.69, 9.17) is 9.47 Å². The van der Waals surface area contributed by atoms with Gasteiger partial charge in [-0.3, -0.25) is 0 Å². The minimum Gasteiger partial charge on any atom is -0.375 e. The monoisotopic (exact) mass is 315 g/mol. The first kappa shape index (κ1) is 21.9. The maximum atomic E-state index is 6.16. The van der Waals surface area contributed by atoms with Crippen molar-refractivity contribution in [1.29, 1.82) is 0 Å². The molecular formula is C19H41NO2. The molecule has 1 aliphatic heterocycles. The molecule has 0 saturated carbocycles. The Morgan fingerprint density at radius 2 is 1.68 bits per heavy atom. The molecule has 0 spiro atoms. The third-order valence-corrected chi connectivity index (χ3v) is 4.48. The second kappa shape index (κ2) is 10.6. The van der Waals surface area contributed by atoms with E-state index in [0.717, 1.165) is 26.1 Å². The molecule has 22 heavy (non-hydrogen) atoms. The van der Waals surface area contributed by atoms with E-state index in [2.05, 4.69) is 46.6 Å². The van der Waals surface area contributed by atoms with Crippen LogP contribution in [0.3, 0.4) is 0 Å². The van der Waals surface area contributed by atoms with Gasteiger partial charge in [-0.05, 0) is 72.9 Å². The van der Waals surface area contributed by atoms with Crippen LogP contribution in [0.4, 0.5) is 0 Å². The van der Waals surface area contributed by atoms with Crippen LogP contribution >= 0.6 is 0 Å². The first-order valence-corrected chi connectivity index (χ1v) is 9.20. The van der Waals surface area contributed by atoms with E-state index in [9.17, 15) is 0 Å². The quantitative estimate of drug-likeness (QED) is 0.645. The van der Waals surface area contributed by atoms with Crippen LogP contribution in [0.15, 0.2) is 0 Å². The van der Waals surface area contributed by atoms with E-state index in [-0.39, 0.29) is 11.2 Å². The lowest BCUT2D eigenvalue weighted by molar-refractivity contribution is -0.0844. The summed E-state index contributed by atoms with van der Waals surface area (Å²) in [5.41, 5.74) is -0.0952. The molecule has 0 aromatic rings. The normalized spacial score (nSPS) is 20.5. The zero-order valence-corrected chi connectivity index (χ0v) is 16.5. The highest BCUT2D eigenvalue weighted by atomic mass is 16.5. The van der Waals surface area contributed by atoms with Gasteiger partial charge in [-0.15, -0.1) is 0 Å². The van der Waals surface area contributed by atoms with Crippen molar-refractivity contribution in [3.05, 3.63) is 0 Å². The molecule has 1 rings (SSSR count). The van der Waals surface area contributed by atoms with Gasteiger partial charge in [0.15, 0.2) is 0 Å². The molecule has 0 radical (unpaired) electrons. The van der Waals surface area contributed by atoms with Crippen molar-refractivity contribution >= 4 is 0 Å². The van der Waals surface area contributed by atoms with Gasteiger partial charge in [0, 0.05) is 6.54 Å². The van der Waals surface area contributed by atoms with Crippen LogP contribution in [0.25, 0.3) is 0 Å². The number of ether oxygens (including phenoxy) is 2. The number of likely N-dealkylation sites (tertiary alicyclic amines) is 1. The summed E-state index contributed by atoms with van der Waals surface area (Å²) in [7, 11) is 2.21. The predicted octanol–water partition coefficient (Wildman–Crippen LogP) is 4.74. The Bertz CT molecular complexity index is 277. The predicted molar refractivity (Wildman–Crippen MR) is 96.5 cm³/mol. The number of hydrogen-bond acceptors (Lipinski definition) is 3. The molecule has 0 aliphatic carbocycles. The Hall–Kier alpha value is -0.120. The molecule has 0 aromatic carbocycles. The van der Waals surface area contributed by atoms with E-state index in [1.54, 1.807) is 0 Å². The third-order valence-electron chi connectivity index (χ3n) is 4.48. The molecular weight excluding hydrogens is 274 g/mol. The molecule has 1 atom stereocenters. The fourth-order valence-corrected chi connectivity index (χ4v) is 2.50. The Balaban J connectivity index is 0.00000211. The SMILES string of the molecule is CC.CCC(C)(C)OCCC(C)(C)OCC1CCCN(C)C1. The van der Waals surface area contributed by atoms with Crippen molar-refractivity contribution in [2.75, 3.05) is 33.4 Å². The van der Waals surface area contributed by atoms with E-state index in [1.807, 2.05) is 13.8 Å². The van der Waals surface area contributed by atoms with Gasteiger partial charge in [0.05, 0.1) is 24.4 Å². The molecule has 1 aliphatic rings. The van der Waals surface area contributed by atoms with Crippen molar-refractivity contribution in [2.24, 2.45) is 5.92 Å². The van der Waals surface area contributed by atoms with Crippen LogP contribution in [-0.4, -0.2) is 49.5 Å². The lowest BCUT2D eigenvalue weighted by Gasteiger charge is -2.33. The van der Waals surface area contributed by atoms with Gasteiger partial charge >= 0.3 is 0 Å². The Morgan fingerprint density at radius 1 is 1.05 bits per heavy atom. The van der Waals surface area contributed by atoms with Crippen LogP contribution in [0, 0.1) is 5.92 Å². The zero-order chi connectivity index (χ0) is 17.2. The largest absolute Gasteiger partial charge is 0.375 e. The second-order valence-corrected chi connectivity index (χ2v) is 7.55. The lowest BCUT2D eigenvalue weighted by atomic mass is 9.98. The third kappa shape index (κ3) is 9.81. The molecule has 0 bridgehead atoms. The van der Waals surface area contributed by atoms with Crippen LogP contribution in [0.2, 0.25) is 0 Å². The maximum absolute atomic E-state index is 6.16. The minimum absolute atomic E-state index is 0.0117. The second-order valence-electron chi connectivity index (χ2n) is 7.55. The van der Waals surface area contributed by atoms with Gasteiger partial charge in [0.2, 0.25) is 0 Å². The maximum Gasteiger partial charge on any atom is 0.0648 e. The molecule has 1 heterocycles. The Morgan fingerprint density at radius 3 is 2.23 bits per heavy atom. The van der Waals surface area contributed by atoms with Crippen molar-refractivity contribution < 1.29 is 9.47 Å². The average Bonchev–Trinajstić information content (AvgIpc) is 2.47. The summed E-state index contributed by atoms with van der Waals surface area (Å²) in [6, 6.07) is 0. The first-order chi connectivity index (χ1) is 10.2. The highest BCUT2D eigenvalue weighted by Gasteiger charge is 2.24. The van der Waals surface area contributed by atoms with Gasteiger partial charge < -0.3 is 14.4 Å². The van der Waals surface area contributed by atoms with Crippen LogP contribution in [-0.2, 0) is 9.47 Å². The van der Waals surface area contributed by atoms with Crippen molar-refractivity contribution in [3.63, 3.8) is 0 Å². The summed E-state index contributed by atoms with van der Waals surface area (Å²) in [6.07, 6.45) is 4.61. The topological polar surface area (TPSA) is 21.7 Å². The number of piperidine rings is 1. The number of rotatable bonds is 8. The minimum atomic E-state index is -0.0835. The molecule has 3 nitrogen and oxygen atoms in total. The molecule has 0 N–H and O–H groups in total. The fraction of sp³-hybridized carbons (Fsp3) is 1.00. The van der Waals surface area contributed by atoms with E-state index in [0.29, 0.717) is 5.92 Å². The van der Waals surface area contributed by atoms with E-state index in [1.165, 1.54) is 25.9 Å². The molecule has 134 valence electrons. The number of hydrogen-bond donors (Lipinski definition) is 0. The summed E-state index contributed by atoms with van der Waals surface area (Å²) in [4.78, 5) is 2.41. The van der Waals surface area contributed by atoms with Crippen LogP contribution in [0.1, 0.15) is 74.1 Å². The standard InChI is InChI=1S/C17H35NO2.C2H6/c1-7-16(2,3)19-12-10-17(4,5)20-14-15-9-8-11-18(6)13-15;1-2/h15H,7-14H2,1-6H3;1-2H3. The van der Waals surface area contributed by atoms with Crippen LogP contribution in [0.5, 0.6) is 0 Å². The lowest BCUT2D eigenvalue weighted by Crippen LogP contribution is -2.37. The van der Waals surface area contributed by atoms with Gasteiger partial charge in [-0.2, -0.15) is 0 Å². The molecule has 1 fully saturated rings. The zero-order valence-electron chi connectivity index (χ0n) is 16.5. The molecule has 0 aromatic heterocycles. The molecule has 1 unspecified atom stereocenters. The van der Waals surface area contributed by atoms with Gasteiger partial charge in [0.1, 0.15) is 0 Å². The average molecular weight is 316 g/mol. The fourth-order valence-electron chi connectivity index (χ4n) is 2.50. The Labute approximate surface area is 139 Å². The smallest absolute Gasteiger partial charge is 0.0648 e. The van der Waals surface area contributed by atoms with Crippen LogP contribution < -0.4 is 0 Å². The van der Waals surface area contributed by atoms with Gasteiger partial charge in [0.25, 0.3) is 0 Å². The van der Waals surface area contributed by atoms with Crippen molar-refractivity contribution in [1.82, 2.24) is 4.90 Å². The van der Waals surface area contributed by atoms with E-state index < -0.39 is 0 Å².